The van der Waals surface area contributed by atoms with Crippen molar-refractivity contribution in [1.82, 2.24) is 14.9 Å². The average molecular weight is 181 g/mol. The Labute approximate surface area is 80.2 Å². The van der Waals surface area contributed by atoms with Crippen LogP contribution >= 0.6 is 0 Å². The SMILES string of the molecule is CCCn1ccnc1CCNCC. The molecule has 0 spiro atoms. The van der Waals surface area contributed by atoms with Gasteiger partial charge >= 0.3 is 0 Å². The number of rotatable bonds is 6. The Morgan fingerprint density at radius 2 is 2.31 bits per heavy atom. The fourth-order valence-corrected chi connectivity index (χ4v) is 1.39. The molecule has 0 fully saturated rings. The van der Waals surface area contributed by atoms with Gasteiger partial charge in [-0.25, -0.2) is 4.98 Å². The summed E-state index contributed by atoms with van der Waals surface area (Å²) < 4.78 is 2.23. The van der Waals surface area contributed by atoms with Crippen LogP contribution in [0.4, 0.5) is 0 Å². The van der Waals surface area contributed by atoms with E-state index >= 15 is 0 Å². The maximum Gasteiger partial charge on any atom is 0.109 e. The molecule has 0 unspecified atom stereocenters. The smallest absolute Gasteiger partial charge is 0.109 e. The first kappa shape index (κ1) is 10.3. The molecule has 0 saturated carbocycles. The van der Waals surface area contributed by atoms with E-state index < -0.39 is 0 Å². The number of imidazole rings is 1. The highest BCUT2D eigenvalue weighted by molar-refractivity contribution is 4.92. The molecular weight excluding hydrogens is 162 g/mol. The highest BCUT2D eigenvalue weighted by Gasteiger charge is 1.99. The second kappa shape index (κ2) is 5.75. The van der Waals surface area contributed by atoms with Crippen LogP contribution < -0.4 is 5.32 Å². The first-order valence-corrected chi connectivity index (χ1v) is 5.09. The van der Waals surface area contributed by atoms with E-state index in [0.717, 1.165) is 26.1 Å². The molecule has 13 heavy (non-hydrogen) atoms. The molecule has 3 heteroatoms. The number of likely N-dealkylation sites (N-methyl/N-ethyl adjacent to an activating group) is 1. The summed E-state index contributed by atoms with van der Waals surface area (Å²) in [4.78, 5) is 4.33. The summed E-state index contributed by atoms with van der Waals surface area (Å²) in [6, 6.07) is 0. The second-order valence-electron chi connectivity index (χ2n) is 3.14. The van der Waals surface area contributed by atoms with Gasteiger partial charge in [0.1, 0.15) is 5.82 Å². The zero-order valence-corrected chi connectivity index (χ0v) is 8.58. The lowest BCUT2D eigenvalue weighted by Gasteiger charge is -2.05. The van der Waals surface area contributed by atoms with Gasteiger partial charge in [0, 0.05) is 31.9 Å². The summed E-state index contributed by atoms with van der Waals surface area (Å²) in [5.74, 6) is 1.20. The van der Waals surface area contributed by atoms with E-state index in [4.69, 9.17) is 0 Å². The third-order valence-electron chi connectivity index (χ3n) is 2.04. The third kappa shape index (κ3) is 3.19. The second-order valence-corrected chi connectivity index (χ2v) is 3.14. The van der Waals surface area contributed by atoms with Crippen molar-refractivity contribution in [2.24, 2.45) is 0 Å². The number of nitrogens with one attached hydrogen (secondary N) is 1. The lowest BCUT2D eigenvalue weighted by molar-refractivity contribution is 0.614. The number of aromatic nitrogens is 2. The Morgan fingerprint density at radius 1 is 1.46 bits per heavy atom. The molecule has 0 aromatic carbocycles. The third-order valence-corrected chi connectivity index (χ3v) is 2.04. The summed E-state index contributed by atoms with van der Waals surface area (Å²) in [7, 11) is 0. The van der Waals surface area contributed by atoms with Gasteiger partial charge in [0.2, 0.25) is 0 Å². The quantitative estimate of drug-likeness (QED) is 0.673. The van der Waals surface area contributed by atoms with Crippen molar-refractivity contribution in [3.8, 4) is 0 Å². The van der Waals surface area contributed by atoms with E-state index in [1.165, 1.54) is 12.2 Å². The predicted molar refractivity (Wildman–Crippen MR) is 54.8 cm³/mol. The molecule has 1 aromatic heterocycles. The Kier molecular flexibility index (Phi) is 4.54. The van der Waals surface area contributed by atoms with Gasteiger partial charge in [-0.3, -0.25) is 0 Å². The highest BCUT2D eigenvalue weighted by atomic mass is 15.1. The van der Waals surface area contributed by atoms with Gasteiger partial charge in [-0.05, 0) is 13.0 Å². The fraction of sp³-hybridized carbons (Fsp3) is 0.700. The molecule has 0 amide bonds. The number of aryl methyl sites for hydroxylation is 1. The largest absolute Gasteiger partial charge is 0.335 e. The molecule has 0 bridgehead atoms. The van der Waals surface area contributed by atoms with Crippen molar-refractivity contribution in [3.05, 3.63) is 18.2 Å². The summed E-state index contributed by atoms with van der Waals surface area (Å²) >= 11 is 0. The van der Waals surface area contributed by atoms with Gasteiger partial charge < -0.3 is 9.88 Å². The van der Waals surface area contributed by atoms with E-state index in [1.807, 2.05) is 6.20 Å². The molecule has 0 atom stereocenters. The molecule has 1 aromatic rings. The molecule has 0 aliphatic rings. The Bertz CT molecular complexity index is 230. The Balaban J connectivity index is 2.40. The van der Waals surface area contributed by atoms with Gasteiger partial charge in [-0.2, -0.15) is 0 Å². The minimum atomic E-state index is 1.03. The van der Waals surface area contributed by atoms with Gasteiger partial charge in [0.15, 0.2) is 0 Å². The highest BCUT2D eigenvalue weighted by Crippen LogP contribution is 1.99. The molecule has 0 aliphatic carbocycles. The van der Waals surface area contributed by atoms with Crippen LogP contribution in [0.1, 0.15) is 26.1 Å². The maximum atomic E-state index is 4.33. The van der Waals surface area contributed by atoms with Crippen LogP contribution in [0.2, 0.25) is 0 Å². The predicted octanol–water partition coefficient (Wildman–Crippen LogP) is 1.45. The maximum absolute atomic E-state index is 4.33. The molecule has 1 rings (SSSR count). The van der Waals surface area contributed by atoms with Crippen molar-refractivity contribution in [1.29, 1.82) is 0 Å². The zero-order valence-electron chi connectivity index (χ0n) is 8.58. The fourth-order valence-electron chi connectivity index (χ4n) is 1.39. The van der Waals surface area contributed by atoms with Crippen LogP contribution in [0.3, 0.4) is 0 Å². The molecule has 0 saturated heterocycles. The number of nitrogens with zero attached hydrogens (tertiary/aromatic N) is 2. The zero-order chi connectivity index (χ0) is 9.52. The van der Waals surface area contributed by atoms with Crippen LogP contribution in [0.5, 0.6) is 0 Å². The summed E-state index contributed by atoms with van der Waals surface area (Å²) in [6.45, 7) is 7.46. The molecule has 1 N–H and O–H groups in total. The summed E-state index contributed by atoms with van der Waals surface area (Å²) in [5.41, 5.74) is 0. The van der Waals surface area contributed by atoms with E-state index in [1.54, 1.807) is 0 Å². The standard InChI is InChI=1S/C10H19N3/c1-3-8-13-9-7-12-10(13)5-6-11-4-2/h7,9,11H,3-6,8H2,1-2H3. The minimum Gasteiger partial charge on any atom is -0.335 e. The first-order chi connectivity index (χ1) is 6.38. The van der Waals surface area contributed by atoms with Crippen LogP contribution in [-0.4, -0.2) is 22.6 Å². The van der Waals surface area contributed by atoms with Crippen molar-refractivity contribution in [2.75, 3.05) is 13.1 Å². The van der Waals surface area contributed by atoms with Gasteiger partial charge in [-0.1, -0.05) is 13.8 Å². The summed E-state index contributed by atoms with van der Waals surface area (Å²) in [5, 5.41) is 3.30. The van der Waals surface area contributed by atoms with Gasteiger partial charge in [0.05, 0.1) is 0 Å². The molecule has 3 nitrogen and oxygen atoms in total. The van der Waals surface area contributed by atoms with Crippen molar-refractivity contribution >= 4 is 0 Å². The Morgan fingerprint density at radius 3 is 3.00 bits per heavy atom. The van der Waals surface area contributed by atoms with Crippen LogP contribution in [0.25, 0.3) is 0 Å². The molecular formula is C10H19N3. The Hall–Kier alpha value is -0.830. The number of hydrogen-bond acceptors (Lipinski definition) is 2. The topological polar surface area (TPSA) is 29.9 Å². The van der Waals surface area contributed by atoms with E-state index in [-0.39, 0.29) is 0 Å². The lowest BCUT2D eigenvalue weighted by atomic mass is 10.3. The van der Waals surface area contributed by atoms with E-state index in [2.05, 4.69) is 34.9 Å². The van der Waals surface area contributed by atoms with Crippen LogP contribution in [0, 0.1) is 0 Å². The first-order valence-electron chi connectivity index (χ1n) is 5.09. The summed E-state index contributed by atoms with van der Waals surface area (Å²) in [6.07, 6.45) is 6.15. The molecule has 0 radical (unpaired) electrons. The van der Waals surface area contributed by atoms with Crippen molar-refractivity contribution in [2.45, 2.75) is 33.2 Å². The van der Waals surface area contributed by atoms with Gasteiger partial charge in [0.25, 0.3) is 0 Å². The average Bonchev–Trinajstić information content (AvgIpc) is 2.54. The van der Waals surface area contributed by atoms with E-state index in [9.17, 15) is 0 Å². The normalized spacial score (nSPS) is 10.6. The molecule has 0 aliphatic heterocycles. The van der Waals surface area contributed by atoms with Crippen molar-refractivity contribution in [3.63, 3.8) is 0 Å². The van der Waals surface area contributed by atoms with Crippen LogP contribution in [-0.2, 0) is 13.0 Å². The minimum absolute atomic E-state index is 1.03. The van der Waals surface area contributed by atoms with Gasteiger partial charge in [-0.15, -0.1) is 0 Å². The monoisotopic (exact) mass is 181 g/mol. The molecule has 1 heterocycles. The van der Waals surface area contributed by atoms with Crippen LogP contribution in [0.15, 0.2) is 12.4 Å². The van der Waals surface area contributed by atoms with Crippen molar-refractivity contribution < 1.29 is 0 Å². The molecule has 74 valence electrons. The lowest BCUT2D eigenvalue weighted by Crippen LogP contribution is -2.18. The van der Waals surface area contributed by atoms with E-state index in [0.29, 0.717) is 0 Å². The number of hydrogen-bond donors (Lipinski definition) is 1.